The van der Waals surface area contributed by atoms with Crippen molar-refractivity contribution in [2.75, 3.05) is 0 Å². The Morgan fingerprint density at radius 1 is 1.16 bits per heavy atom. The molecule has 6 heteroatoms. The van der Waals surface area contributed by atoms with Crippen molar-refractivity contribution in [3.05, 3.63) is 56.5 Å². The molecule has 0 saturated heterocycles. The Hall–Kier alpha value is -1.23. The number of halogens is 3. The van der Waals surface area contributed by atoms with Crippen molar-refractivity contribution in [2.45, 2.75) is 0 Å². The Bertz CT molecular complexity index is 644. The van der Waals surface area contributed by atoms with Crippen molar-refractivity contribution in [1.82, 2.24) is 0 Å². The maximum Gasteiger partial charge on any atom is 0.339 e. The van der Waals surface area contributed by atoms with Gasteiger partial charge in [-0.2, -0.15) is 0 Å². The van der Waals surface area contributed by atoms with Crippen LogP contribution in [-0.4, -0.2) is 11.1 Å². The van der Waals surface area contributed by atoms with Crippen molar-refractivity contribution < 1.29 is 14.6 Å². The predicted octanol–water partition coefficient (Wildman–Crippen LogP) is 5.25. The Morgan fingerprint density at radius 2 is 1.89 bits per heavy atom. The fraction of sp³-hybridized carbons (Fsp3) is 0. The van der Waals surface area contributed by atoms with Gasteiger partial charge >= 0.3 is 5.97 Å². The van der Waals surface area contributed by atoms with E-state index < -0.39 is 5.97 Å². The number of aromatic carboxylic acids is 1. The van der Waals surface area contributed by atoms with Crippen LogP contribution in [-0.2, 0) is 0 Å². The second kappa shape index (κ2) is 5.82. The van der Waals surface area contributed by atoms with E-state index in [1.165, 1.54) is 6.07 Å². The lowest BCUT2D eigenvalue weighted by molar-refractivity contribution is 0.0694. The molecule has 0 aliphatic heterocycles. The zero-order valence-electron chi connectivity index (χ0n) is 9.36. The zero-order chi connectivity index (χ0) is 14.0. The summed E-state index contributed by atoms with van der Waals surface area (Å²) in [6.07, 6.45) is 0. The molecule has 0 heterocycles. The van der Waals surface area contributed by atoms with Crippen LogP contribution < -0.4 is 4.74 Å². The Kier molecular flexibility index (Phi) is 4.34. The van der Waals surface area contributed by atoms with Crippen LogP contribution in [0.5, 0.6) is 11.5 Å². The van der Waals surface area contributed by atoms with Crippen LogP contribution in [0, 0.1) is 0 Å². The number of carboxylic acid groups (broad SMARTS) is 1. The number of benzene rings is 2. The molecule has 0 unspecified atom stereocenters. The summed E-state index contributed by atoms with van der Waals surface area (Å²) >= 11 is 15.1. The van der Waals surface area contributed by atoms with Gasteiger partial charge in [-0.3, -0.25) is 0 Å². The maximum absolute atomic E-state index is 11.2. The highest BCUT2D eigenvalue weighted by Crippen LogP contribution is 2.36. The summed E-state index contributed by atoms with van der Waals surface area (Å²) in [6, 6.07) is 9.59. The lowest BCUT2D eigenvalue weighted by Crippen LogP contribution is -2.00. The summed E-state index contributed by atoms with van der Waals surface area (Å²) < 4.78 is 6.17. The van der Waals surface area contributed by atoms with Crippen molar-refractivity contribution in [1.29, 1.82) is 0 Å². The highest BCUT2D eigenvalue weighted by Gasteiger charge is 2.14. The van der Waals surface area contributed by atoms with Crippen LogP contribution in [0.15, 0.2) is 40.9 Å². The topological polar surface area (TPSA) is 46.5 Å². The van der Waals surface area contributed by atoms with Crippen LogP contribution in [0.2, 0.25) is 10.0 Å². The summed E-state index contributed by atoms with van der Waals surface area (Å²) in [7, 11) is 0. The van der Waals surface area contributed by atoms with Crippen molar-refractivity contribution >= 4 is 45.1 Å². The van der Waals surface area contributed by atoms with Crippen LogP contribution in [0.25, 0.3) is 0 Å². The number of carboxylic acids is 1. The first kappa shape index (κ1) is 14.2. The van der Waals surface area contributed by atoms with Crippen molar-refractivity contribution in [3.63, 3.8) is 0 Å². The van der Waals surface area contributed by atoms with Gasteiger partial charge in [0, 0.05) is 4.47 Å². The molecule has 2 aromatic carbocycles. The van der Waals surface area contributed by atoms with Crippen LogP contribution in [0.1, 0.15) is 10.4 Å². The number of carbonyl (C=O) groups is 1. The molecule has 3 nitrogen and oxygen atoms in total. The predicted molar refractivity (Wildman–Crippen MR) is 77.6 cm³/mol. The number of rotatable bonds is 3. The van der Waals surface area contributed by atoms with Gasteiger partial charge in [-0.15, -0.1) is 0 Å². The van der Waals surface area contributed by atoms with Gasteiger partial charge in [0.2, 0.25) is 0 Å². The van der Waals surface area contributed by atoms with Gasteiger partial charge in [0.15, 0.2) is 0 Å². The molecule has 2 aromatic rings. The third kappa shape index (κ3) is 3.21. The standard InChI is InChI=1S/C13H7BrCl2O3/c14-7-4-5-10(8(6-7)13(17)18)19-11-3-1-2-9(15)12(11)16/h1-6H,(H,17,18). The molecule has 0 bridgehead atoms. The molecule has 19 heavy (non-hydrogen) atoms. The monoisotopic (exact) mass is 360 g/mol. The summed E-state index contributed by atoms with van der Waals surface area (Å²) in [5, 5.41) is 9.71. The molecule has 0 atom stereocenters. The average Bonchev–Trinajstić information content (AvgIpc) is 2.36. The first-order valence-corrected chi connectivity index (χ1v) is 6.68. The minimum Gasteiger partial charge on any atom is -0.478 e. The number of hydrogen-bond donors (Lipinski definition) is 1. The minimum atomic E-state index is -1.09. The summed E-state index contributed by atoms with van der Waals surface area (Å²) in [5.41, 5.74) is 0.0328. The van der Waals surface area contributed by atoms with E-state index in [4.69, 9.17) is 33.0 Å². The fourth-order valence-electron chi connectivity index (χ4n) is 1.44. The molecular formula is C13H7BrCl2O3. The van der Waals surface area contributed by atoms with E-state index in [1.54, 1.807) is 30.3 Å². The van der Waals surface area contributed by atoms with Gasteiger partial charge in [0.25, 0.3) is 0 Å². The second-order valence-electron chi connectivity index (χ2n) is 3.60. The molecule has 0 amide bonds. The van der Waals surface area contributed by atoms with Crippen molar-refractivity contribution in [2.24, 2.45) is 0 Å². The molecule has 0 spiro atoms. The van der Waals surface area contributed by atoms with Gasteiger partial charge in [0.05, 0.1) is 5.02 Å². The molecule has 0 aliphatic rings. The molecule has 0 aromatic heterocycles. The Morgan fingerprint density at radius 3 is 2.58 bits per heavy atom. The van der Waals surface area contributed by atoms with E-state index in [2.05, 4.69) is 15.9 Å². The van der Waals surface area contributed by atoms with Crippen LogP contribution in [0.4, 0.5) is 0 Å². The molecule has 0 radical (unpaired) electrons. The van der Waals surface area contributed by atoms with Gasteiger partial charge in [-0.25, -0.2) is 4.79 Å². The summed E-state index contributed by atoms with van der Waals surface area (Å²) in [6.45, 7) is 0. The molecule has 0 aliphatic carbocycles. The van der Waals surface area contributed by atoms with Crippen molar-refractivity contribution in [3.8, 4) is 11.5 Å². The SMILES string of the molecule is O=C(O)c1cc(Br)ccc1Oc1cccc(Cl)c1Cl. The third-order valence-corrected chi connectivity index (χ3v) is 3.60. The lowest BCUT2D eigenvalue weighted by atomic mass is 10.2. The molecule has 0 saturated carbocycles. The summed E-state index contributed by atoms with van der Waals surface area (Å²) in [5.74, 6) is -0.590. The molecule has 1 N–H and O–H groups in total. The minimum absolute atomic E-state index is 0.0328. The Balaban J connectivity index is 2.44. The first-order chi connectivity index (χ1) is 8.99. The normalized spacial score (nSPS) is 10.3. The van der Waals surface area contributed by atoms with E-state index in [-0.39, 0.29) is 16.3 Å². The fourth-order valence-corrected chi connectivity index (χ4v) is 2.13. The van der Waals surface area contributed by atoms with E-state index in [0.717, 1.165) is 0 Å². The zero-order valence-corrected chi connectivity index (χ0v) is 12.5. The molecule has 98 valence electrons. The number of ether oxygens (including phenoxy) is 1. The van der Waals surface area contributed by atoms with E-state index >= 15 is 0 Å². The molecular weight excluding hydrogens is 355 g/mol. The third-order valence-electron chi connectivity index (χ3n) is 2.31. The highest BCUT2D eigenvalue weighted by molar-refractivity contribution is 9.10. The second-order valence-corrected chi connectivity index (χ2v) is 5.30. The highest BCUT2D eigenvalue weighted by atomic mass is 79.9. The van der Waals surface area contributed by atoms with Gasteiger partial charge in [0.1, 0.15) is 22.1 Å². The Labute approximate surface area is 127 Å². The van der Waals surface area contributed by atoms with Crippen LogP contribution >= 0.6 is 39.1 Å². The van der Waals surface area contributed by atoms with Gasteiger partial charge < -0.3 is 9.84 Å². The number of hydrogen-bond acceptors (Lipinski definition) is 2. The van der Waals surface area contributed by atoms with Crippen LogP contribution in [0.3, 0.4) is 0 Å². The first-order valence-electron chi connectivity index (χ1n) is 5.13. The molecule has 2 rings (SSSR count). The van der Waals surface area contributed by atoms with E-state index in [1.807, 2.05) is 0 Å². The maximum atomic E-state index is 11.2. The average molecular weight is 362 g/mol. The quantitative estimate of drug-likeness (QED) is 0.812. The smallest absolute Gasteiger partial charge is 0.339 e. The summed E-state index contributed by atoms with van der Waals surface area (Å²) in [4.78, 5) is 11.2. The van der Waals surface area contributed by atoms with Gasteiger partial charge in [-0.05, 0) is 30.3 Å². The van der Waals surface area contributed by atoms with E-state index in [0.29, 0.717) is 15.2 Å². The van der Waals surface area contributed by atoms with E-state index in [9.17, 15) is 4.79 Å². The molecule has 0 fully saturated rings. The van der Waals surface area contributed by atoms with Gasteiger partial charge in [-0.1, -0.05) is 45.2 Å². The lowest BCUT2D eigenvalue weighted by Gasteiger charge is -2.11. The largest absolute Gasteiger partial charge is 0.478 e.